The van der Waals surface area contributed by atoms with Gasteiger partial charge < -0.3 is 20.8 Å². The fourth-order valence-corrected chi connectivity index (χ4v) is 5.82. The van der Waals surface area contributed by atoms with Gasteiger partial charge in [0.05, 0.1) is 35.4 Å². The number of hydrogen-bond donors (Lipinski definition) is 2. The number of carbonyl (C=O) groups is 2. The second-order valence-corrected chi connectivity index (χ2v) is 15.3. The van der Waals surface area contributed by atoms with Crippen LogP contribution in [-0.4, -0.2) is 80.1 Å². The lowest BCUT2D eigenvalue weighted by atomic mass is 9.81. The van der Waals surface area contributed by atoms with Crippen LogP contribution in [0.4, 0.5) is 0 Å². The molecule has 0 aliphatic carbocycles. The molecule has 4 aromatic heterocycles. The molecule has 0 atom stereocenters. The van der Waals surface area contributed by atoms with Gasteiger partial charge in [-0.3, -0.25) is 9.59 Å². The molecule has 2 amide bonds. The number of amides is 2. The summed E-state index contributed by atoms with van der Waals surface area (Å²) in [4.78, 5) is 31.1. The van der Waals surface area contributed by atoms with Gasteiger partial charge in [-0.05, 0) is 108 Å². The van der Waals surface area contributed by atoms with Crippen molar-refractivity contribution < 1.29 is 18.9 Å². The molecule has 16 nitrogen and oxygen atoms in total. The topological polar surface area (TPSA) is 218 Å². The minimum absolute atomic E-state index is 0. The Bertz CT molecular complexity index is 2390. The Kier molecular flexibility index (Phi) is 15.0. The van der Waals surface area contributed by atoms with Gasteiger partial charge in [-0.1, -0.05) is 41.8 Å². The number of nitrogens with zero attached hydrogens (tertiary/aromatic N) is 10. The lowest BCUT2D eigenvalue weighted by Gasteiger charge is -2.32. The fourth-order valence-electron chi connectivity index (χ4n) is 5.61. The van der Waals surface area contributed by atoms with Crippen LogP contribution in [0.2, 0.25) is 0 Å². The van der Waals surface area contributed by atoms with Crippen molar-refractivity contribution in [3.63, 3.8) is 0 Å². The molecule has 5 heterocycles. The molecule has 1 fully saturated rings. The summed E-state index contributed by atoms with van der Waals surface area (Å²) in [5.41, 5.74) is 18.2. The zero-order valence-electron chi connectivity index (χ0n) is 33.5. The van der Waals surface area contributed by atoms with E-state index in [1.165, 1.54) is 46.8 Å². The molecule has 4 N–H and O–H groups in total. The predicted molar refractivity (Wildman–Crippen MR) is 232 cm³/mol. The lowest BCUT2D eigenvalue weighted by molar-refractivity contribution is -0.114. The lowest BCUT2D eigenvalue weighted by Crippen LogP contribution is -2.41. The van der Waals surface area contributed by atoms with Gasteiger partial charge in [0, 0.05) is 40.7 Å². The molecule has 0 unspecified atom stereocenters. The van der Waals surface area contributed by atoms with Crippen LogP contribution in [0.15, 0.2) is 90.5 Å². The molecule has 0 saturated carbocycles. The van der Waals surface area contributed by atoms with Crippen molar-refractivity contribution in [3.8, 4) is 22.8 Å². The standard InChI is InChI=1S/C17H16N6O.C13H13BrN4O.C10H15BN2O2.CH4/c1-11-5-12(2)7-14(6-11)17-19-10-23(22-17)9-15(16(18)24)13-3-4-20-21-8-13;1-8-3-9(2)5-10(4-8)13-16-7-18(17-13)6-11(14)12(15)19;1-9(2)10(3,4)15-11(14-9)8-5-6-12-13-7-8;/h3-10H,1-2H3,(H2,18,24);3-7H,1-2H3,(H2,15,19);5-7H,1-4H3;1H4/b15-9+;11-6-;;. The van der Waals surface area contributed by atoms with Gasteiger partial charge in [0.25, 0.3) is 11.8 Å². The van der Waals surface area contributed by atoms with Crippen LogP contribution in [-0.2, 0) is 18.9 Å². The van der Waals surface area contributed by atoms with E-state index in [9.17, 15) is 9.59 Å². The first-order valence-electron chi connectivity index (χ1n) is 18.0. The van der Waals surface area contributed by atoms with Gasteiger partial charge in [-0.2, -0.15) is 20.4 Å². The van der Waals surface area contributed by atoms with Crippen molar-refractivity contribution in [1.82, 2.24) is 49.9 Å². The van der Waals surface area contributed by atoms with Crippen LogP contribution in [0, 0.1) is 27.7 Å². The van der Waals surface area contributed by atoms with Gasteiger partial charge in [0.1, 0.15) is 17.1 Å². The van der Waals surface area contributed by atoms with Gasteiger partial charge >= 0.3 is 7.12 Å². The molecule has 1 aliphatic heterocycles. The Labute approximate surface area is 352 Å². The number of primary amides is 2. The van der Waals surface area contributed by atoms with Crippen molar-refractivity contribution >= 4 is 58.3 Å². The first-order chi connectivity index (χ1) is 27.4. The third-order valence-corrected chi connectivity index (χ3v) is 9.61. The van der Waals surface area contributed by atoms with Crippen LogP contribution in [0.3, 0.4) is 0 Å². The Morgan fingerprint density at radius 1 is 0.678 bits per heavy atom. The molecule has 59 heavy (non-hydrogen) atoms. The van der Waals surface area contributed by atoms with Crippen molar-refractivity contribution in [3.05, 3.63) is 118 Å². The first kappa shape index (κ1) is 45.5. The predicted octanol–water partition coefficient (Wildman–Crippen LogP) is 5.49. The highest BCUT2D eigenvalue weighted by molar-refractivity contribution is 9.12. The van der Waals surface area contributed by atoms with Gasteiger partial charge in [0.2, 0.25) is 0 Å². The quantitative estimate of drug-likeness (QED) is 0.144. The zero-order valence-corrected chi connectivity index (χ0v) is 35.0. The Balaban J connectivity index is 0.000000199. The number of nitrogens with two attached hydrogens (primary N) is 2. The monoisotopic (exact) mass is 862 g/mol. The summed E-state index contributed by atoms with van der Waals surface area (Å²) >= 11 is 3.07. The van der Waals surface area contributed by atoms with Crippen molar-refractivity contribution in [2.24, 2.45) is 11.5 Å². The Hall–Kier alpha value is -6.24. The van der Waals surface area contributed by atoms with E-state index in [0.29, 0.717) is 17.2 Å². The Morgan fingerprint density at radius 2 is 1.14 bits per heavy atom. The van der Waals surface area contributed by atoms with E-state index < -0.39 is 11.8 Å². The van der Waals surface area contributed by atoms with Gasteiger partial charge in [0.15, 0.2) is 11.6 Å². The molecule has 1 aliphatic rings. The van der Waals surface area contributed by atoms with E-state index in [4.69, 9.17) is 20.8 Å². The molecule has 0 bridgehead atoms. The maximum absolute atomic E-state index is 11.7. The summed E-state index contributed by atoms with van der Waals surface area (Å²) in [6, 6.07) is 15.7. The van der Waals surface area contributed by atoms with Crippen molar-refractivity contribution in [2.45, 2.75) is 74.0 Å². The highest BCUT2D eigenvalue weighted by Crippen LogP contribution is 2.36. The average molecular weight is 864 g/mol. The fraction of sp³-hybridized carbons (Fsp3) is 0.268. The van der Waals surface area contributed by atoms with Gasteiger partial charge in [-0.25, -0.2) is 19.3 Å². The molecular weight excluding hydrogens is 815 g/mol. The number of aryl methyl sites for hydroxylation is 4. The average Bonchev–Trinajstić information content (AvgIpc) is 3.89. The van der Waals surface area contributed by atoms with E-state index in [1.807, 2.05) is 85.7 Å². The van der Waals surface area contributed by atoms with Crippen molar-refractivity contribution in [1.29, 1.82) is 0 Å². The second-order valence-electron chi connectivity index (χ2n) is 14.5. The highest BCUT2D eigenvalue weighted by Gasteiger charge is 2.51. The molecule has 18 heteroatoms. The van der Waals surface area contributed by atoms with Crippen LogP contribution < -0.4 is 16.9 Å². The summed E-state index contributed by atoms with van der Waals surface area (Å²) in [5, 5.41) is 23.7. The normalized spacial score (nSPS) is 14.3. The second kappa shape index (κ2) is 19.5. The summed E-state index contributed by atoms with van der Waals surface area (Å²) in [5.74, 6) is 0.0532. The van der Waals surface area contributed by atoms with E-state index in [2.05, 4.69) is 68.6 Å². The van der Waals surface area contributed by atoms with Gasteiger partial charge in [-0.15, -0.1) is 10.2 Å². The maximum Gasteiger partial charge on any atom is 0.496 e. The Morgan fingerprint density at radius 3 is 1.54 bits per heavy atom. The number of hydrogen-bond acceptors (Lipinski definition) is 12. The largest absolute Gasteiger partial charge is 0.496 e. The summed E-state index contributed by atoms with van der Waals surface area (Å²) in [6.45, 7) is 16.2. The van der Waals surface area contributed by atoms with E-state index >= 15 is 0 Å². The smallest absolute Gasteiger partial charge is 0.399 e. The molecule has 6 aromatic rings. The van der Waals surface area contributed by atoms with Crippen LogP contribution >= 0.6 is 15.9 Å². The van der Waals surface area contributed by atoms with Crippen LogP contribution in [0.1, 0.15) is 62.9 Å². The van der Waals surface area contributed by atoms with Crippen molar-refractivity contribution in [2.75, 3.05) is 0 Å². The zero-order chi connectivity index (χ0) is 42.2. The number of rotatable bonds is 8. The minimum Gasteiger partial charge on any atom is -0.399 e. The third-order valence-electron chi connectivity index (χ3n) is 9.01. The van der Waals surface area contributed by atoms with E-state index in [-0.39, 0.29) is 35.8 Å². The summed E-state index contributed by atoms with van der Waals surface area (Å²) in [6.07, 6.45) is 12.3. The number of benzene rings is 2. The van der Waals surface area contributed by atoms with Crippen LogP contribution in [0.25, 0.3) is 40.7 Å². The molecule has 7 rings (SSSR count). The third kappa shape index (κ3) is 12.1. The molecule has 0 radical (unpaired) electrons. The molecule has 0 spiro atoms. The molecular formula is C41H48BBrN12O4. The molecule has 2 aromatic carbocycles. The minimum atomic E-state index is -0.577. The molecule has 306 valence electrons. The summed E-state index contributed by atoms with van der Waals surface area (Å²) in [7, 11) is -0.342. The summed E-state index contributed by atoms with van der Waals surface area (Å²) < 4.78 is 14.9. The van der Waals surface area contributed by atoms with Crippen LogP contribution in [0.5, 0.6) is 0 Å². The first-order valence-corrected chi connectivity index (χ1v) is 18.8. The number of aromatic nitrogens is 10. The van der Waals surface area contributed by atoms with E-state index in [0.717, 1.165) is 38.8 Å². The maximum atomic E-state index is 11.7. The SMILES string of the molecule is C.CC1(C)OB(c2ccnnc2)OC1(C)C.Cc1cc(C)cc(-c2ncn(/C=C(/C(N)=O)c3ccnnc3)n2)c1.Cc1cc(C)cc(-c2ncn(/C=C(\Br)C(N)=O)n2)c1. The number of halogens is 1. The number of carbonyl (C=O) groups excluding carboxylic acids is 2. The van der Waals surface area contributed by atoms with E-state index in [1.54, 1.807) is 18.5 Å². The highest BCUT2D eigenvalue weighted by atomic mass is 79.9. The molecule has 1 saturated heterocycles.